The van der Waals surface area contributed by atoms with E-state index in [2.05, 4.69) is 45.5 Å². The van der Waals surface area contributed by atoms with Gasteiger partial charge in [0.1, 0.15) is 5.82 Å². The topological polar surface area (TPSA) is 12.0 Å². The van der Waals surface area contributed by atoms with E-state index in [9.17, 15) is 4.39 Å². The van der Waals surface area contributed by atoms with Crippen molar-refractivity contribution in [1.29, 1.82) is 0 Å². The first kappa shape index (κ1) is 13.8. The average molecular weight is 334 g/mol. The first-order valence-corrected chi connectivity index (χ1v) is 7.79. The molecule has 0 aliphatic heterocycles. The smallest absolute Gasteiger partial charge is 0.137 e. The van der Waals surface area contributed by atoms with Gasteiger partial charge in [-0.15, -0.1) is 0 Å². The molecule has 0 saturated carbocycles. The van der Waals surface area contributed by atoms with E-state index in [1.807, 2.05) is 6.07 Å². The van der Waals surface area contributed by atoms with Gasteiger partial charge in [-0.1, -0.05) is 36.4 Å². The Bertz CT molecular complexity index is 612. The monoisotopic (exact) mass is 333 g/mol. The highest BCUT2D eigenvalue weighted by atomic mass is 79.9. The predicted octanol–water partition coefficient (Wildman–Crippen LogP) is 4.76. The summed E-state index contributed by atoms with van der Waals surface area (Å²) < 4.78 is 14.1. The fraction of sp³-hybridized carbons (Fsp3) is 0.294. The number of hydrogen-bond donors (Lipinski definition) is 1. The molecule has 1 nitrogen and oxygen atoms in total. The molecule has 0 fully saturated rings. The van der Waals surface area contributed by atoms with E-state index < -0.39 is 0 Å². The quantitative estimate of drug-likeness (QED) is 0.854. The summed E-state index contributed by atoms with van der Waals surface area (Å²) in [5.41, 5.74) is 3.80. The summed E-state index contributed by atoms with van der Waals surface area (Å²) >= 11 is 3.32. The molecule has 3 heteroatoms. The van der Waals surface area contributed by atoms with Gasteiger partial charge in [-0.05, 0) is 57.9 Å². The van der Waals surface area contributed by atoms with Crippen molar-refractivity contribution in [3.63, 3.8) is 0 Å². The second kappa shape index (κ2) is 6.06. The zero-order valence-corrected chi connectivity index (χ0v) is 12.8. The zero-order valence-electron chi connectivity index (χ0n) is 11.2. The Kier molecular flexibility index (Phi) is 4.18. The Hall–Kier alpha value is -1.19. The minimum atomic E-state index is -0.201. The van der Waals surface area contributed by atoms with Crippen LogP contribution < -0.4 is 5.32 Å². The van der Waals surface area contributed by atoms with Crippen molar-refractivity contribution < 1.29 is 4.39 Å². The first-order chi connectivity index (χ1) is 9.75. The van der Waals surface area contributed by atoms with Gasteiger partial charge in [-0.3, -0.25) is 0 Å². The van der Waals surface area contributed by atoms with Gasteiger partial charge in [0.05, 0.1) is 4.47 Å². The van der Waals surface area contributed by atoms with Gasteiger partial charge < -0.3 is 5.32 Å². The maximum absolute atomic E-state index is 13.5. The molecule has 2 aromatic rings. The van der Waals surface area contributed by atoms with Crippen molar-refractivity contribution in [3.05, 3.63) is 69.4 Å². The molecule has 0 saturated heterocycles. The molecular formula is C17H17BrFN. The number of rotatable bonds is 3. The molecule has 0 amide bonds. The minimum absolute atomic E-state index is 0.201. The van der Waals surface area contributed by atoms with Crippen LogP contribution >= 0.6 is 15.9 Å². The van der Waals surface area contributed by atoms with Crippen LogP contribution in [-0.2, 0) is 13.0 Å². The van der Waals surface area contributed by atoms with Gasteiger partial charge in [-0.25, -0.2) is 4.39 Å². The molecule has 3 rings (SSSR count). The van der Waals surface area contributed by atoms with Crippen molar-refractivity contribution in [1.82, 2.24) is 5.32 Å². The molecule has 0 radical (unpaired) electrons. The molecule has 0 heterocycles. The molecule has 1 atom stereocenters. The molecule has 0 bridgehead atoms. The van der Waals surface area contributed by atoms with Crippen LogP contribution in [0.4, 0.5) is 4.39 Å². The van der Waals surface area contributed by atoms with Gasteiger partial charge in [-0.2, -0.15) is 0 Å². The third-order valence-corrected chi connectivity index (χ3v) is 4.83. The van der Waals surface area contributed by atoms with E-state index in [-0.39, 0.29) is 5.82 Å². The molecule has 2 aromatic carbocycles. The van der Waals surface area contributed by atoms with Crippen LogP contribution in [0.5, 0.6) is 0 Å². The minimum Gasteiger partial charge on any atom is -0.306 e. The molecule has 1 unspecified atom stereocenters. The third-order valence-electron chi connectivity index (χ3n) is 3.94. The zero-order chi connectivity index (χ0) is 13.9. The van der Waals surface area contributed by atoms with Crippen LogP contribution in [-0.4, -0.2) is 0 Å². The molecule has 104 valence electrons. The summed E-state index contributed by atoms with van der Waals surface area (Å²) in [6.45, 7) is 0.678. The molecule has 1 N–H and O–H groups in total. The molecule has 1 aliphatic rings. The highest BCUT2D eigenvalue weighted by molar-refractivity contribution is 9.10. The number of nitrogens with one attached hydrogen (secondary N) is 1. The molecule has 20 heavy (non-hydrogen) atoms. The van der Waals surface area contributed by atoms with Gasteiger partial charge in [0.15, 0.2) is 0 Å². The maximum atomic E-state index is 13.5. The van der Waals surface area contributed by atoms with Crippen LogP contribution in [0.1, 0.15) is 35.6 Å². The fourth-order valence-corrected chi connectivity index (χ4v) is 3.29. The van der Waals surface area contributed by atoms with Crippen molar-refractivity contribution >= 4 is 15.9 Å². The van der Waals surface area contributed by atoms with E-state index in [1.54, 1.807) is 6.07 Å². The molecule has 1 aliphatic carbocycles. The van der Waals surface area contributed by atoms with Crippen molar-refractivity contribution in [2.75, 3.05) is 0 Å². The summed E-state index contributed by atoms with van der Waals surface area (Å²) in [6.07, 6.45) is 3.51. The summed E-state index contributed by atoms with van der Waals surface area (Å²) in [6, 6.07) is 14.2. The summed E-state index contributed by atoms with van der Waals surface area (Å²) in [4.78, 5) is 0. The van der Waals surface area contributed by atoms with Gasteiger partial charge in [0.2, 0.25) is 0 Å². The molecule has 0 aromatic heterocycles. The normalized spacial score (nSPS) is 17.8. The van der Waals surface area contributed by atoms with Gasteiger partial charge in [0.25, 0.3) is 0 Å². The highest BCUT2D eigenvalue weighted by Crippen LogP contribution is 2.30. The number of hydrogen-bond acceptors (Lipinski definition) is 1. The van der Waals surface area contributed by atoms with Crippen molar-refractivity contribution in [2.45, 2.75) is 31.8 Å². The van der Waals surface area contributed by atoms with Crippen LogP contribution in [0, 0.1) is 5.82 Å². The summed E-state index contributed by atoms with van der Waals surface area (Å²) in [7, 11) is 0. The standard InChI is InChI=1S/C17H17BrFN/c18-17-13(7-3-9-15(17)19)11-20-16-10-4-6-12-5-1-2-8-14(12)16/h1-3,5,7-9,16,20H,4,6,10-11H2. The summed E-state index contributed by atoms with van der Waals surface area (Å²) in [5, 5.41) is 3.57. The Morgan fingerprint density at radius 2 is 2.00 bits per heavy atom. The number of benzene rings is 2. The van der Waals surface area contributed by atoms with Crippen LogP contribution in [0.3, 0.4) is 0 Å². The maximum Gasteiger partial charge on any atom is 0.137 e. The largest absolute Gasteiger partial charge is 0.306 e. The van der Waals surface area contributed by atoms with Gasteiger partial charge in [0, 0.05) is 12.6 Å². The highest BCUT2D eigenvalue weighted by Gasteiger charge is 2.19. The second-order valence-corrected chi connectivity index (χ2v) is 6.03. The third kappa shape index (κ3) is 2.79. The van der Waals surface area contributed by atoms with Gasteiger partial charge >= 0.3 is 0 Å². The number of aryl methyl sites for hydroxylation is 1. The first-order valence-electron chi connectivity index (χ1n) is 7.00. The lowest BCUT2D eigenvalue weighted by Crippen LogP contribution is -2.25. The van der Waals surface area contributed by atoms with E-state index >= 15 is 0 Å². The van der Waals surface area contributed by atoms with Crippen LogP contribution in [0.25, 0.3) is 0 Å². The molecule has 0 spiro atoms. The summed E-state index contributed by atoms with van der Waals surface area (Å²) in [5.74, 6) is -0.201. The van der Waals surface area contributed by atoms with Crippen molar-refractivity contribution in [2.24, 2.45) is 0 Å². The molecular weight excluding hydrogens is 317 g/mol. The number of halogens is 2. The SMILES string of the molecule is Fc1cccc(CNC2CCCc3ccccc32)c1Br. The predicted molar refractivity (Wildman–Crippen MR) is 83.1 cm³/mol. The Labute approximate surface area is 127 Å². The van der Waals surface area contributed by atoms with Crippen molar-refractivity contribution in [3.8, 4) is 0 Å². The Balaban J connectivity index is 1.75. The number of fused-ring (bicyclic) bond motifs is 1. The van der Waals surface area contributed by atoms with Crippen LogP contribution in [0.2, 0.25) is 0 Å². The van der Waals surface area contributed by atoms with Crippen LogP contribution in [0.15, 0.2) is 46.9 Å². The van der Waals surface area contributed by atoms with E-state index in [0.29, 0.717) is 17.1 Å². The lowest BCUT2D eigenvalue weighted by atomic mass is 9.87. The second-order valence-electron chi connectivity index (χ2n) is 5.24. The lowest BCUT2D eigenvalue weighted by Gasteiger charge is -2.26. The Morgan fingerprint density at radius 3 is 2.90 bits per heavy atom. The van der Waals surface area contributed by atoms with E-state index in [4.69, 9.17) is 0 Å². The fourth-order valence-electron chi connectivity index (χ4n) is 2.88. The van der Waals surface area contributed by atoms with E-state index in [1.165, 1.54) is 23.6 Å². The van der Waals surface area contributed by atoms with E-state index in [0.717, 1.165) is 18.4 Å². The average Bonchev–Trinajstić information content (AvgIpc) is 2.49. The lowest BCUT2D eigenvalue weighted by molar-refractivity contribution is 0.458. The Morgan fingerprint density at radius 1 is 1.15 bits per heavy atom.